The normalized spacial score (nSPS) is 14.4. The Balaban J connectivity index is 1.77. The number of ether oxygens (including phenoxy) is 2. The first-order valence-electron chi connectivity index (χ1n) is 11.6. The molecule has 0 saturated carbocycles. The number of nitrogens with zero attached hydrogens (tertiary/aromatic N) is 2. The molecule has 0 spiro atoms. The number of nitrogens with one attached hydrogen (secondary N) is 1. The van der Waals surface area contributed by atoms with Crippen molar-refractivity contribution >= 4 is 17.4 Å². The molecular weight excluding hydrogens is 478 g/mol. The van der Waals surface area contributed by atoms with Gasteiger partial charge in [0.05, 0.1) is 37.4 Å². The lowest BCUT2D eigenvalue weighted by atomic mass is 9.75. The van der Waals surface area contributed by atoms with Gasteiger partial charge in [-0.25, -0.2) is 4.98 Å². The monoisotopic (exact) mass is 503 g/mol. The van der Waals surface area contributed by atoms with Crippen molar-refractivity contribution in [1.29, 1.82) is 0 Å². The van der Waals surface area contributed by atoms with Crippen molar-refractivity contribution in [1.82, 2.24) is 14.5 Å². The minimum Gasteiger partial charge on any atom is -0.497 e. The van der Waals surface area contributed by atoms with Crippen LogP contribution in [0.3, 0.4) is 0 Å². The maximum atomic E-state index is 14.1. The molecule has 8 heteroatoms. The quantitative estimate of drug-likeness (QED) is 0.376. The van der Waals surface area contributed by atoms with E-state index in [4.69, 9.17) is 21.1 Å². The third-order valence-electron chi connectivity index (χ3n) is 6.50. The maximum absolute atomic E-state index is 14.1. The molecule has 5 rings (SSSR count). The van der Waals surface area contributed by atoms with Gasteiger partial charge in [-0.3, -0.25) is 14.2 Å². The highest BCUT2D eigenvalue weighted by molar-refractivity contribution is 6.30. The van der Waals surface area contributed by atoms with Crippen LogP contribution in [-0.2, 0) is 6.42 Å². The molecule has 2 heterocycles. The molecule has 0 saturated heterocycles. The molecule has 2 aromatic heterocycles. The van der Waals surface area contributed by atoms with Crippen LogP contribution in [0.25, 0.3) is 28.3 Å². The van der Waals surface area contributed by atoms with E-state index in [1.54, 1.807) is 61.4 Å². The van der Waals surface area contributed by atoms with E-state index < -0.39 is 0 Å². The lowest BCUT2D eigenvalue weighted by Gasteiger charge is -2.32. The lowest BCUT2D eigenvalue weighted by Crippen LogP contribution is -2.35. The Morgan fingerprint density at radius 1 is 0.972 bits per heavy atom. The summed E-state index contributed by atoms with van der Waals surface area (Å²) in [6, 6.07) is 14.3. The van der Waals surface area contributed by atoms with Gasteiger partial charge < -0.3 is 14.5 Å². The van der Waals surface area contributed by atoms with Crippen molar-refractivity contribution in [2.45, 2.75) is 26.7 Å². The van der Waals surface area contributed by atoms with Crippen LogP contribution < -0.4 is 15.0 Å². The largest absolute Gasteiger partial charge is 0.497 e. The fourth-order valence-electron chi connectivity index (χ4n) is 4.74. The standard InChI is InChI=1S/C28H26ClN3O4/c1-28(2)13-23-19(24(33)14-28)12-20(26-30-15-21(31-26)16-5-7-17(29)8-6-16)27(34)32(23)22-11-18(35-3)9-10-25(22)36-4/h5-12,15H,13-14H2,1-4H3,(H,30,31). The Labute approximate surface area is 213 Å². The van der Waals surface area contributed by atoms with E-state index in [2.05, 4.69) is 9.97 Å². The number of carbonyl (C=O) groups excluding carboxylic acids is 1. The number of hydrogen-bond acceptors (Lipinski definition) is 5. The molecule has 0 bridgehead atoms. The number of fused-ring (bicyclic) bond motifs is 1. The van der Waals surface area contributed by atoms with Gasteiger partial charge in [-0.05, 0) is 47.7 Å². The molecule has 184 valence electrons. The van der Waals surface area contributed by atoms with Crippen molar-refractivity contribution in [3.8, 4) is 39.8 Å². The minimum atomic E-state index is -0.303. The van der Waals surface area contributed by atoms with Crippen LogP contribution in [0.4, 0.5) is 0 Å². The van der Waals surface area contributed by atoms with Gasteiger partial charge in [-0.1, -0.05) is 37.6 Å². The van der Waals surface area contributed by atoms with E-state index in [9.17, 15) is 9.59 Å². The predicted molar refractivity (Wildman–Crippen MR) is 140 cm³/mol. The van der Waals surface area contributed by atoms with Gasteiger partial charge >= 0.3 is 0 Å². The number of rotatable bonds is 5. The van der Waals surface area contributed by atoms with Crippen molar-refractivity contribution in [3.63, 3.8) is 0 Å². The van der Waals surface area contributed by atoms with E-state index in [1.165, 1.54) is 0 Å². The molecule has 7 nitrogen and oxygen atoms in total. The number of Topliss-reactive ketones (excluding diaryl/α,β-unsaturated/α-hetero) is 1. The Hall–Kier alpha value is -3.84. The van der Waals surface area contributed by atoms with Crippen LogP contribution in [0.5, 0.6) is 11.5 Å². The topological polar surface area (TPSA) is 86.2 Å². The van der Waals surface area contributed by atoms with Crippen LogP contribution in [0.1, 0.15) is 36.3 Å². The third-order valence-corrected chi connectivity index (χ3v) is 6.75. The van der Waals surface area contributed by atoms with Crippen molar-refractivity contribution in [2.24, 2.45) is 5.41 Å². The molecule has 0 aliphatic heterocycles. The van der Waals surface area contributed by atoms with E-state index in [0.717, 1.165) is 11.3 Å². The summed E-state index contributed by atoms with van der Waals surface area (Å²) in [7, 11) is 3.11. The van der Waals surface area contributed by atoms with Gasteiger partial charge in [0, 0.05) is 28.8 Å². The SMILES string of the molecule is COc1ccc(OC)c(-n2c3c(cc(-c4ncc(-c5ccc(Cl)cc5)[nH]4)c2=O)C(=O)CC(C)(C)C3)c1. The summed E-state index contributed by atoms with van der Waals surface area (Å²) >= 11 is 6.02. The molecule has 2 aromatic carbocycles. The molecule has 0 unspecified atom stereocenters. The molecule has 0 atom stereocenters. The van der Waals surface area contributed by atoms with E-state index in [-0.39, 0.29) is 16.8 Å². The molecule has 0 amide bonds. The fraction of sp³-hybridized carbons (Fsp3) is 0.250. The number of methoxy groups -OCH3 is 2. The lowest BCUT2D eigenvalue weighted by molar-refractivity contribution is 0.0909. The number of benzene rings is 2. The molecule has 4 aromatic rings. The Kier molecular flexibility index (Phi) is 5.96. The van der Waals surface area contributed by atoms with Crippen molar-refractivity contribution < 1.29 is 14.3 Å². The number of aromatic nitrogens is 3. The Bertz CT molecular complexity index is 1530. The zero-order valence-electron chi connectivity index (χ0n) is 20.5. The molecule has 36 heavy (non-hydrogen) atoms. The summed E-state index contributed by atoms with van der Waals surface area (Å²) in [5, 5.41) is 0.629. The molecule has 0 fully saturated rings. The Morgan fingerprint density at radius 3 is 2.42 bits per heavy atom. The van der Waals surface area contributed by atoms with Gasteiger partial charge in [-0.15, -0.1) is 0 Å². The van der Waals surface area contributed by atoms with Gasteiger partial charge in [-0.2, -0.15) is 0 Å². The van der Waals surface area contributed by atoms with Crippen LogP contribution >= 0.6 is 11.6 Å². The van der Waals surface area contributed by atoms with Crippen LogP contribution in [0, 0.1) is 5.41 Å². The zero-order chi connectivity index (χ0) is 25.6. The van der Waals surface area contributed by atoms with E-state index in [0.29, 0.717) is 57.7 Å². The smallest absolute Gasteiger partial charge is 0.266 e. The van der Waals surface area contributed by atoms with Crippen LogP contribution in [0.2, 0.25) is 5.02 Å². The number of pyridine rings is 1. The molecule has 1 aliphatic rings. The summed E-state index contributed by atoms with van der Waals surface area (Å²) in [6.07, 6.45) is 2.61. The minimum absolute atomic E-state index is 0.0115. The summed E-state index contributed by atoms with van der Waals surface area (Å²) in [6.45, 7) is 4.06. The second-order valence-electron chi connectivity index (χ2n) is 9.69. The fourth-order valence-corrected chi connectivity index (χ4v) is 4.87. The average molecular weight is 504 g/mol. The third kappa shape index (κ3) is 4.20. The highest BCUT2D eigenvalue weighted by Crippen LogP contribution is 2.38. The second-order valence-corrected chi connectivity index (χ2v) is 10.1. The van der Waals surface area contributed by atoms with Crippen LogP contribution in [0.15, 0.2) is 59.5 Å². The first-order chi connectivity index (χ1) is 17.2. The maximum Gasteiger partial charge on any atom is 0.266 e. The number of H-pyrrole nitrogens is 1. The van der Waals surface area contributed by atoms with Gasteiger partial charge in [0.1, 0.15) is 17.3 Å². The number of ketones is 1. The highest BCUT2D eigenvalue weighted by atomic mass is 35.5. The van der Waals surface area contributed by atoms with Crippen molar-refractivity contribution in [3.05, 3.63) is 81.4 Å². The van der Waals surface area contributed by atoms with Gasteiger partial charge in [0.15, 0.2) is 5.78 Å². The summed E-state index contributed by atoms with van der Waals surface area (Å²) < 4.78 is 12.6. The summed E-state index contributed by atoms with van der Waals surface area (Å²) in [5.41, 5.74) is 2.99. The predicted octanol–water partition coefficient (Wildman–Crippen LogP) is 5.72. The number of halogens is 1. The second kappa shape index (κ2) is 8.99. The zero-order valence-corrected chi connectivity index (χ0v) is 21.3. The summed E-state index contributed by atoms with van der Waals surface area (Å²) in [4.78, 5) is 35.1. The van der Waals surface area contributed by atoms with Crippen LogP contribution in [-0.4, -0.2) is 34.5 Å². The Morgan fingerprint density at radius 2 is 1.72 bits per heavy atom. The molecule has 1 N–H and O–H groups in total. The first-order valence-corrected chi connectivity index (χ1v) is 11.9. The van der Waals surface area contributed by atoms with E-state index in [1.807, 2.05) is 26.0 Å². The first kappa shape index (κ1) is 23.9. The number of aromatic amines is 1. The highest BCUT2D eigenvalue weighted by Gasteiger charge is 2.35. The van der Waals surface area contributed by atoms with Gasteiger partial charge in [0.25, 0.3) is 5.56 Å². The molecule has 1 aliphatic carbocycles. The number of imidazole rings is 1. The molecule has 0 radical (unpaired) electrons. The van der Waals surface area contributed by atoms with Gasteiger partial charge in [0.2, 0.25) is 0 Å². The summed E-state index contributed by atoms with van der Waals surface area (Å²) in [5.74, 6) is 1.43. The van der Waals surface area contributed by atoms with E-state index >= 15 is 0 Å². The average Bonchev–Trinajstić information content (AvgIpc) is 3.33. The number of hydrogen-bond donors (Lipinski definition) is 1. The molecular formula is C28H26ClN3O4. The number of carbonyl (C=O) groups is 1. The van der Waals surface area contributed by atoms with Crippen molar-refractivity contribution in [2.75, 3.05) is 14.2 Å².